The standard InChI is InChI=1S/C26H35N5O/c1-18(2)23-8-6-22(7-9-23)17-29-12-14-30(15-13-29)26(32)11-10-24-20(4)27-25-16-19(3)28-31(25)21(24)5/h6-9,16,18H,10-15,17H2,1-5H3/p+1. The van der Waals surface area contributed by atoms with Crippen molar-refractivity contribution in [1.82, 2.24) is 19.5 Å². The van der Waals surface area contributed by atoms with Crippen molar-refractivity contribution in [2.24, 2.45) is 0 Å². The van der Waals surface area contributed by atoms with E-state index in [1.54, 1.807) is 4.90 Å². The quantitative estimate of drug-likeness (QED) is 0.649. The number of hydrogen-bond donors (Lipinski definition) is 1. The molecule has 1 saturated heterocycles. The van der Waals surface area contributed by atoms with E-state index in [0.29, 0.717) is 18.8 Å². The van der Waals surface area contributed by atoms with E-state index in [9.17, 15) is 4.79 Å². The number of hydrogen-bond acceptors (Lipinski definition) is 3. The minimum absolute atomic E-state index is 0.251. The number of carbonyl (C=O) groups is 1. The molecule has 0 saturated carbocycles. The van der Waals surface area contributed by atoms with Gasteiger partial charge in [0, 0.05) is 29.4 Å². The van der Waals surface area contributed by atoms with Gasteiger partial charge in [0.25, 0.3) is 0 Å². The number of aryl methyl sites for hydroxylation is 3. The highest BCUT2D eigenvalue weighted by Gasteiger charge is 2.24. The number of piperazine rings is 1. The zero-order valence-corrected chi connectivity index (χ0v) is 20.1. The van der Waals surface area contributed by atoms with Gasteiger partial charge in [0.15, 0.2) is 5.65 Å². The number of nitrogens with one attached hydrogen (secondary N) is 1. The maximum Gasteiger partial charge on any atom is 0.223 e. The fourth-order valence-electron chi connectivity index (χ4n) is 4.75. The van der Waals surface area contributed by atoms with Crippen LogP contribution >= 0.6 is 0 Å². The van der Waals surface area contributed by atoms with Crippen molar-refractivity contribution in [2.45, 2.75) is 59.9 Å². The van der Waals surface area contributed by atoms with Gasteiger partial charge in [-0.25, -0.2) is 9.50 Å². The average molecular weight is 435 g/mol. The Morgan fingerprint density at radius 1 is 1.09 bits per heavy atom. The largest absolute Gasteiger partial charge is 0.331 e. The van der Waals surface area contributed by atoms with Gasteiger partial charge >= 0.3 is 0 Å². The summed E-state index contributed by atoms with van der Waals surface area (Å²) in [5, 5.41) is 4.54. The summed E-state index contributed by atoms with van der Waals surface area (Å²) in [7, 11) is 0. The Balaban J connectivity index is 1.30. The van der Waals surface area contributed by atoms with Gasteiger partial charge in [0.05, 0.1) is 31.9 Å². The lowest BCUT2D eigenvalue weighted by Gasteiger charge is -2.32. The highest BCUT2D eigenvalue weighted by Crippen LogP contribution is 2.18. The molecule has 2 aromatic heterocycles. The molecule has 170 valence electrons. The first-order valence-corrected chi connectivity index (χ1v) is 11.8. The molecule has 1 aliphatic rings. The van der Waals surface area contributed by atoms with Crippen LogP contribution < -0.4 is 4.90 Å². The Hall–Kier alpha value is -2.73. The number of aromatic nitrogens is 3. The molecule has 3 aromatic rings. The van der Waals surface area contributed by atoms with Crippen molar-refractivity contribution in [1.29, 1.82) is 0 Å². The summed E-state index contributed by atoms with van der Waals surface area (Å²) in [5.74, 6) is 0.820. The second kappa shape index (κ2) is 9.41. The predicted molar refractivity (Wildman–Crippen MR) is 127 cm³/mol. The molecule has 32 heavy (non-hydrogen) atoms. The molecule has 6 heteroatoms. The third-order valence-corrected chi connectivity index (χ3v) is 6.80. The summed E-state index contributed by atoms with van der Waals surface area (Å²) in [6.45, 7) is 15.3. The first kappa shape index (κ1) is 22.5. The molecule has 1 aliphatic heterocycles. The maximum atomic E-state index is 12.9. The van der Waals surface area contributed by atoms with Crippen LogP contribution in [-0.2, 0) is 17.8 Å². The van der Waals surface area contributed by atoms with Crippen LogP contribution in [0.1, 0.15) is 60.0 Å². The summed E-state index contributed by atoms with van der Waals surface area (Å²) in [6, 6.07) is 11.0. The zero-order chi connectivity index (χ0) is 22.8. The van der Waals surface area contributed by atoms with Gasteiger partial charge in [-0.2, -0.15) is 5.10 Å². The summed E-state index contributed by atoms with van der Waals surface area (Å²) < 4.78 is 1.90. The third-order valence-electron chi connectivity index (χ3n) is 6.80. The molecular weight excluding hydrogens is 398 g/mol. The van der Waals surface area contributed by atoms with Crippen LogP contribution in [0.5, 0.6) is 0 Å². The van der Waals surface area contributed by atoms with Crippen LogP contribution in [-0.4, -0.2) is 51.6 Å². The number of fused-ring (bicyclic) bond motifs is 1. The number of benzene rings is 1. The first-order chi connectivity index (χ1) is 15.3. The topological polar surface area (TPSA) is 54.9 Å². The average Bonchev–Trinajstić information content (AvgIpc) is 3.14. The van der Waals surface area contributed by atoms with Gasteiger partial charge < -0.3 is 9.80 Å². The third kappa shape index (κ3) is 4.85. The van der Waals surface area contributed by atoms with Gasteiger partial charge in [0.1, 0.15) is 6.54 Å². The number of nitrogens with zero attached hydrogens (tertiary/aromatic N) is 4. The van der Waals surface area contributed by atoms with E-state index < -0.39 is 0 Å². The highest BCUT2D eigenvalue weighted by molar-refractivity contribution is 5.76. The van der Waals surface area contributed by atoms with Gasteiger partial charge in [-0.15, -0.1) is 0 Å². The molecule has 0 radical (unpaired) electrons. The number of carbonyl (C=O) groups excluding carboxylic acids is 1. The lowest BCUT2D eigenvalue weighted by molar-refractivity contribution is -0.917. The Kier molecular flexibility index (Phi) is 6.60. The normalized spacial score (nSPS) is 15.1. The molecule has 0 unspecified atom stereocenters. The van der Waals surface area contributed by atoms with Crippen LogP contribution in [0.15, 0.2) is 30.3 Å². The number of quaternary nitrogens is 1. The molecule has 1 aromatic carbocycles. The van der Waals surface area contributed by atoms with Gasteiger partial charge in [-0.1, -0.05) is 38.1 Å². The molecule has 3 heterocycles. The molecule has 0 aliphatic carbocycles. The fraction of sp³-hybridized carbons (Fsp3) is 0.500. The van der Waals surface area contributed by atoms with E-state index in [2.05, 4.69) is 55.1 Å². The van der Waals surface area contributed by atoms with E-state index in [4.69, 9.17) is 0 Å². The van der Waals surface area contributed by atoms with Crippen molar-refractivity contribution < 1.29 is 9.69 Å². The summed E-state index contributed by atoms with van der Waals surface area (Å²) >= 11 is 0. The summed E-state index contributed by atoms with van der Waals surface area (Å²) in [6.07, 6.45) is 1.24. The molecule has 1 amide bonds. The summed E-state index contributed by atoms with van der Waals surface area (Å²) in [5.41, 5.74) is 7.85. The molecule has 0 atom stereocenters. The van der Waals surface area contributed by atoms with E-state index in [-0.39, 0.29) is 5.91 Å². The first-order valence-electron chi connectivity index (χ1n) is 11.8. The molecule has 0 bridgehead atoms. The van der Waals surface area contributed by atoms with E-state index in [1.165, 1.54) is 11.1 Å². The Morgan fingerprint density at radius 2 is 1.78 bits per heavy atom. The van der Waals surface area contributed by atoms with Crippen LogP contribution in [0, 0.1) is 20.8 Å². The van der Waals surface area contributed by atoms with Crippen LogP contribution in [0.2, 0.25) is 0 Å². The Bertz CT molecular complexity index is 1090. The van der Waals surface area contributed by atoms with Gasteiger partial charge in [-0.3, -0.25) is 4.79 Å². The number of rotatable bonds is 6. The van der Waals surface area contributed by atoms with E-state index >= 15 is 0 Å². The van der Waals surface area contributed by atoms with E-state index in [1.807, 2.05) is 29.3 Å². The Labute approximate surface area is 191 Å². The Morgan fingerprint density at radius 3 is 2.44 bits per heavy atom. The number of amides is 1. The SMILES string of the molecule is Cc1cc2nc(C)c(CCC(=O)N3CC[NH+](Cc4ccc(C(C)C)cc4)CC3)c(C)n2n1. The highest BCUT2D eigenvalue weighted by atomic mass is 16.2. The maximum absolute atomic E-state index is 12.9. The van der Waals surface area contributed by atoms with Crippen LogP contribution in [0.3, 0.4) is 0 Å². The monoisotopic (exact) mass is 434 g/mol. The summed E-state index contributed by atoms with van der Waals surface area (Å²) in [4.78, 5) is 21.2. The van der Waals surface area contributed by atoms with Crippen molar-refractivity contribution in [2.75, 3.05) is 26.2 Å². The lowest BCUT2D eigenvalue weighted by atomic mass is 10.0. The second-order valence-corrected chi connectivity index (χ2v) is 9.52. The zero-order valence-electron chi connectivity index (χ0n) is 20.1. The molecule has 6 nitrogen and oxygen atoms in total. The molecule has 0 spiro atoms. The van der Waals surface area contributed by atoms with Crippen molar-refractivity contribution in [3.05, 3.63) is 64.1 Å². The minimum atomic E-state index is 0.251. The predicted octanol–water partition coefficient (Wildman–Crippen LogP) is 2.64. The minimum Gasteiger partial charge on any atom is -0.331 e. The molecule has 1 fully saturated rings. The fourth-order valence-corrected chi connectivity index (χ4v) is 4.75. The van der Waals surface area contributed by atoms with E-state index in [0.717, 1.165) is 61.0 Å². The van der Waals surface area contributed by atoms with Crippen molar-refractivity contribution in [3.8, 4) is 0 Å². The van der Waals surface area contributed by atoms with Gasteiger partial charge in [0.2, 0.25) is 5.91 Å². The molecule has 4 rings (SSSR count). The van der Waals surface area contributed by atoms with Gasteiger partial charge in [-0.05, 0) is 44.2 Å². The smallest absolute Gasteiger partial charge is 0.223 e. The van der Waals surface area contributed by atoms with Crippen molar-refractivity contribution >= 4 is 11.6 Å². The lowest BCUT2D eigenvalue weighted by Crippen LogP contribution is -3.13. The molecular formula is C26H36N5O+. The van der Waals surface area contributed by atoms with Crippen molar-refractivity contribution in [3.63, 3.8) is 0 Å². The van der Waals surface area contributed by atoms with Crippen LogP contribution in [0.4, 0.5) is 0 Å². The second-order valence-electron chi connectivity index (χ2n) is 9.52. The molecule has 1 N–H and O–H groups in total. The van der Waals surface area contributed by atoms with Crippen LogP contribution in [0.25, 0.3) is 5.65 Å².